The topological polar surface area (TPSA) is 40.9 Å². The highest BCUT2D eigenvalue weighted by Gasteiger charge is 2.45. The van der Waals surface area contributed by atoms with Gasteiger partial charge in [0, 0.05) is 83.6 Å². The average Bonchev–Trinajstić information content (AvgIpc) is 0.950. The third-order valence-electron chi connectivity index (χ3n) is 22.1. The van der Waals surface area contributed by atoms with Gasteiger partial charge in [0.2, 0.25) is 0 Å². The summed E-state index contributed by atoms with van der Waals surface area (Å²) in [5.41, 5.74) is 36.3. The van der Waals surface area contributed by atoms with Crippen LogP contribution in [0.2, 0.25) is 0 Å². The molecule has 3 aromatic heterocycles. The Hall–Kier alpha value is -11.8. The Balaban J connectivity index is 0.901. The van der Waals surface area contributed by atoms with Crippen molar-refractivity contribution < 1.29 is 8.83 Å². The van der Waals surface area contributed by atoms with Gasteiger partial charge in [0.25, 0.3) is 6.71 Å². The molecule has 13 aromatic carbocycles. The lowest BCUT2D eigenvalue weighted by Crippen LogP contribution is -2.61. The summed E-state index contributed by atoms with van der Waals surface area (Å²) in [7, 11) is 0. The van der Waals surface area contributed by atoms with Crippen molar-refractivity contribution in [2.45, 2.75) is 101 Å². The van der Waals surface area contributed by atoms with Gasteiger partial charge in [0.05, 0.1) is 28.1 Å². The first-order chi connectivity index (χ1) is 50.2. The van der Waals surface area contributed by atoms with E-state index in [-0.39, 0.29) is 17.5 Å². The number of benzene rings is 13. The van der Waals surface area contributed by atoms with Crippen molar-refractivity contribution in [2.24, 2.45) is 0 Å². The lowest BCUT2D eigenvalue weighted by molar-refractivity contribution is 0.589. The number of aryl methyl sites for hydroxylation is 7. The Morgan fingerprint density at radius 3 is 1.29 bits per heavy atom. The Morgan fingerprint density at radius 2 is 0.769 bits per heavy atom. The van der Waals surface area contributed by atoms with Crippen molar-refractivity contribution in [3.05, 3.63) is 317 Å². The Bertz CT molecular complexity index is 6110. The zero-order valence-electron chi connectivity index (χ0n) is 61.6. The van der Waals surface area contributed by atoms with E-state index < -0.39 is 0 Å². The molecule has 0 radical (unpaired) electrons. The first kappa shape index (κ1) is 64.3. The van der Waals surface area contributed by atoms with Gasteiger partial charge >= 0.3 is 0 Å². The minimum absolute atomic E-state index is 0.0632. The van der Waals surface area contributed by atoms with Crippen LogP contribution in [0, 0.1) is 48.5 Å². The molecular weight excluding hydrogens is 1260 g/mol. The van der Waals surface area contributed by atoms with E-state index in [0.29, 0.717) is 0 Å². The van der Waals surface area contributed by atoms with E-state index in [2.05, 4.69) is 376 Å². The molecule has 0 spiro atoms. The molecule has 18 rings (SSSR count). The van der Waals surface area contributed by atoms with E-state index in [1.54, 1.807) is 0 Å². The van der Waals surface area contributed by atoms with Crippen LogP contribution in [0.1, 0.15) is 91.6 Å². The lowest BCUT2D eigenvalue weighted by atomic mass is 9.33. The third-order valence-corrected chi connectivity index (χ3v) is 22.1. The van der Waals surface area contributed by atoms with E-state index in [1.807, 2.05) is 0 Å². The van der Waals surface area contributed by atoms with Crippen LogP contribution in [0.15, 0.2) is 276 Å². The van der Waals surface area contributed by atoms with E-state index in [1.165, 1.54) is 77.6 Å². The second-order valence-electron chi connectivity index (χ2n) is 31.3. The van der Waals surface area contributed by atoms with E-state index in [9.17, 15) is 0 Å². The van der Waals surface area contributed by atoms with Crippen molar-refractivity contribution in [1.82, 2.24) is 4.57 Å². The molecule has 0 amide bonds. The summed E-state index contributed by atoms with van der Waals surface area (Å²) in [4.78, 5) is 7.83. The fraction of sp³-hybridized carbons (Fsp3) is 0.155. The molecule has 0 unspecified atom stereocenters. The van der Waals surface area contributed by atoms with Crippen LogP contribution >= 0.6 is 0 Å². The summed E-state index contributed by atoms with van der Waals surface area (Å²) in [5, 5.41) is 4.63. The normalized spacial score (nSPS) is 12.8. The van der Waals surface area contributed by atoms with Gasteiger partial charge in [-0.05, 0) is 234 Å². The van der Waals surface area contributed by atoms with Crippen molar-refractivity contribution >= 4 is 118 Å². The zero-order valence-corrected chi connectivity index (χ0v) is 61.6. The van der Waals surface area contributed by atoms with Crippen LogP contribution in [-0.2, 0) is 10.8 Å². The van der Waals surface area contributed by atoms with Crippen LogP contribution in [0.25, 0.3) is 94.3 Å². The predicted octanol–water partition coefficient (Wildman–Crippen LogP) is 25.3. The molecule has 5 heterocycles. The first-order valence-electron chi connectivity index (χ1n) is 36.7. The molecule has 7 heteroatoms. The highest BCUT2D eigenvalue weighted by Crippen LogP contribution is 2.53. The fourth-order valence-electron chi connectivity index (χ4n) is 17.5. The number of nitrogens with zero attached hydrogens (tertiary/aromatic N) is 4. The molecule has 104 heavy (non-hydrogen) atoms. The molecule has 0 N–H and O–H groups in total. The number of rotatable bonds is 10. The van der Waals surface area contributed by atoms with Gasteiger partial charge in [-0.3, -0.25) is 0 Å². The standard InChI is InChI=1S/C97H83BN4O2/c1-58-47-84-90-85(48-58)102(93-61(4)51-68(52-62(93)5)95-89(66-31-19-15-20-32-66)77-37-25-28-40-87(77)104-95)83-57-73(99(91-63(6)53-70(54-64(91)7)97(11,12)13)72-42-44-75-74-35-23-26-38-80(74)100(81(75)56-72)71-33-21-16-22-34-71)43-46-79(83)98(90)78-45-41-69(96(8,9)10)55-82(78)101(84)92-59(2)49-67(50-60(92)3)94-88(65-29-17-14-18-30-65)76-36-24-27-39-86(76)103-94/h14-57H,1-13H3. The van der Waals surface area contributed by atoms with Crippen molar-refractivity contribution in [3.63, 3.8) is 0 Å². The van der Waals surface area contributed by atoms with E-state index >= 15 is 0 Å². The van der Waals surface area contributed by atoms with Gasteiger partial charge in [-0.2, -0.15) is 0 Å². The maximum Gasteiger partial charge on any atom is 0.252 e. The summed E-state index contributed by atoms with van der Waals surface area (Å²) < 4.78 is 16.5. The summed E-state index contributed by atoms with van der Waals surface area (Å²) in [6, 6.07) is 99.3. The van der Waals surface area contributed by atoms with Crippen molar-refractivity contribution in [1.29, 1.82) is 0 Å². The molecule has 506 valence electrons. The molecule has 0 fully saturated rings. The minimum Gasteiger partial charge on any atom is -0.455 e. The first-order valence-corrected chi connectivity index (χ1v) is 36.7. The Labute approximate surface area is 610 Å². The molecule has 0 atom stereocenters. The van der Waals surface area contributed by atoms with E-state index in [0.717, 1.165) is 134 Å². The van der Waals surface area contributed by atoms with Crippen molar-refractivity contribution in [2.75, 3.05) is 14.7 Å². The number of hydrogen-bond donors (Lipinski definition) is 0. The molecule has 16 aromatic rings. The fourth-order valence-corrected chi connectivity index (χ4v) is 17.5. The lowest BCUT2D eigenvalue weighted by Gasteiger charge is -2.46. The summed E-state index contributed by atoms with van der Waals surface area (Å²) >= 11 is 0. The number of para-hydroxylation sites is 4. The molecule has 0 bridgehead atoms. The second kappa shape index (κ2) is 24.2. The Kier molecular flexibility index (Phi) is 15.0. The number of furan rings is 2. The SMILES string of the molecule is Cc1cc2c3c(c1)N(c1c(C)cc(-c4oc5ccccc5c4-c4ccccc4)cc1C)c1cc(C(C)(C)C)ccc1B3c1ccc(N(c3ccc4c5ccccc5n(-c5ccccc5)c4c3)c3c(C)cc(C(C)(C)C)cc3C)cc1N2c1c(C)cc(-c2oc3ccccc3c2-c2ccccc2)cc1C. The van der Waals surface area contributed by atoms with E-state index in [4.69, 9.17) is 8.83 Å². The number of aromatic nitrogens is 1. The summed E-state index contributed by atoms with van der Waals surface area (Å²) in [5.74, 6) is 1.74. The van der Waals surface area contributed by atoms with Gasteiger partial charge in [-0.1, -0.05) is 211 Å². The molecule has 2 aliphatic heterocycles. The number of fused-ring (bicyclic) bond motifs is 9. The maximum atomic E-state index is 7.04. The molecule has 0 saturated carbocycles. The average molecular weight is 1350 g/mol. The van der Waals surface area contributed by atoms with Gasteiger partial charge < -0.3 is 28.1 Å². The van der Waals surface area contributed by atoms with Gasteiger partial charge in [-0.15, -0.1) is 0 Å². The van der Waals surface area contributed by atoms with Crippen LogP contribution in [0.5, 0.6) is 0 Å². The molecular formula is C97H83BN4O2. The molecule has 0 aliphatic carbocycles. The second-order valence-corrected chi connectivity index (χ2v) is 31.3. The monoisotopic (exact) mass is 1350 g/mol. The summed E-state index contributed by atoms with van der Waals surface area (Å²) in [6.07, 6.45) is 0. The van der Waals surface area contributed by atoms with Crippen LogP contribution in [-0.4, -0.2) is 11.3 Å². The largest absolute Gasteiger partial charge is 0.455 e. The highest BCUT2D eigenvalue weighted by atomic mass is 16.3. The molecule has 0 saturated heterocycles. The van der Waals surface area contributed by atoms with Gasteiger partial charge in [-0.25, -0.2) is 0 Å². The third kappa shape index (κ3) is 10.3. The van der Waals surface area contributed by atoms with Crippen LogP contribution < -0.4 is 31.1 Å². The minimum atomic E-state index is -0.158. The van der Waals surface area contributed by atoms with Gasteiger partial charge in [0.15, 0.2) is 0 Å². The number of anilines is 9. The smallest absolute Gasteiger partial charge is 0.252 e. The quantitative estimate of drug-likeness (QED) is 0.128. The Morgan fingerprint density at radius 1 is 0.337 bits per heavy atom. The van der Waals surface area contributed by atoms with Crippen molar-refractivity contribution in [3.8, 4) is 50.6 Å². The predicted molar refractivity (Wildman–Crippen MR) is 441 cm³/mol. The molecule has 6 nitrogen and oxygen atoms in total. The van der Waals surface area contributed by atoms with Gasteiger partial charge in [0.1, 0.15) is 22.7 Å². The van der Waals surface area contributed by atoms with Crippen LogP contribution in [0.4, 0.5) is 51.2 Å². The zero-order chi connectivity index (χ0) is 71.4. The maximum absolute atomic E-state index is 7.04. The van der Waals surface area contributed by atoms with Crippen LogP contribution in [0.3, 0.4) is 0 Å². The highest BCUT2D eigenvalue weighted by molar-refractivity contribution is 7.00. The molecule has 2 aliphatic rings. The number of hydrogen-bond acceptors (Lipinski definition) is 5. The summed E-state index contributed by atoms with van der Waals surface area (Å²) in [6.45, 7) is 29.9.